The average molecular weight is 499 g/mol. The molecule has 10 heteroatoms. The Kier molecular flexibility index (Phi) is 6.85. The summed E-state index contributed by atoms with van der Waals surface area (Å²) in [5.74, 6) is 0.573. The van der Waals surface area contributed by atoms with Crippen molar-refractivity contribution >= 4 is 31.1 Å². The second-order valence-electron chi connectivity index (χ2n) is 7.79. The van der Waals surface area contributed by atoms with Gasteiger partial charge in [-0.15, -0.1) is 0 Å². The molecule has 3 aromatic carbocycles. The molecule has 0 aliphatic rings. The number of nitrogens with zero attached hydrogens (tertiary/aromatic N) is 3. The minimum absolute atomic E-state index is 0.00819. The number of para-hydroxylation sites is 2. The fraction of sp³-hybridized carbons (Fsp3) is 0.208. The number of nitrogens with one attached hydrogen (secondary N) is 1. The minimum Gasteiger partial charge on any atom is -0.330 e. The number of hydrogen-bond donors (Lipinski definition) is 1. The van der Waals surface area contributed by atoms with Gasteiger partial charge in [0.25, 0.3) is 0 Å². The molecule has 4 rings (SSSR count). The van der Waals surface area contributed by atoms with Gasteiger partial charge >= 0.3 is 0 Å². The van der Waals surface area contributed by atoms with Crippen LogP contribution in [0.15, 0.2) is 88.7 Å². The summed E-state index contributed by atoms with van der Waals surface area (Å²) in [4.78, 5) is 4.49. The standard InChI is InChI=1S/C24H26N4O4S2/c1-3-28(18-19-9-5-4-6-10-19)34(31,32)21-15-13-20(14-16-21)33(29,30)25-17-24-26-22-11-7-8-12-23(22)27(24)2/h4-16,25H,3,17-18H2,1-2H3. The van der Waals surface area contributed by atoms with Crippen LogP contribution in [0.2, 0.25) is 0 Å². The number of imidazole rings is 1. The smallest absolute Gasteiger partial charge is 0.243 e. The Morgan fingerprint density at radius 3 is 2.12 bits per heavy atom. The molecule has 178 valence electrons. The maximum Gasteiger partial charge on any atom is 0.243 e. The fourth-order valence-corrected chi connectivity index (χ4v) is 6.11. The molecule has 1 heterocycles. The van der Waals surface area contributed by atoms with E-state index in [0.717, 1.165) is 16.6 Å². The molecule has 0 bridgehead atoms. The van der Waals surface area contributed by atoms with Crippen LogP contribution in [0.4, 0.5) is 0 Å². The van der Waals surface area contributed by atoms with Crippen molar-refractivity contribution in [2.75, 3.05) is 6.54 Å². The normalized spacial score (nSPS) is 12.4. The van der Waals surface area contributed by atoms with Crippen LogP contribution in [0, 0.1) is 0 Å². The molecular formula is C24H26N4O4S2. The number of fused-ring (bicyclic) bond motifs is 1. The Hall–Kier alpha value is -3.05. The van der Waals surface area contributed by atoms with Gasteiger partial charge in [-0.05, 0) is 42.0 Å². The lowest BCUT2D eigenvalue weighted by atomic mass is 10.2. The molecule has 0 saturated heterocycles. The van der Waals surface area contributed by atoms with Crippen molar-refractivity contribution in [3.05, 3.63) is 90.3 Å². The first-order valence-electron chi connectivity index (χ1n) is 10.8. The van der Waals surface area contributed by atoms with E-state index in [9.17, 15) is 16.8 Å². The third-order valence-corrected chi connectivity index (χ3v) is 8.98. The molecule has 0 aliphatic heterocycles. The molecule has 0 spiro atoms. The molecule has 8 nitrogen and oxygen atoms in total. The van der Waals surface area contributed by atoms with Crippen molar-refractivity contribution in [3.63, 3.8) is 0 Å². The van der Waals surface area contributed by atoms with E-state index >= 15 is 0 Å². The van der Waals surface area contributed by atoms with Crippen molar-refractivity contribution in [3.8, 4) is 0 Å². The van der Waals surface area contributed by atoms with Crippen LogP contribution in [0.1, 0.15) is 18.3 Å². The van der Waals surface area contributed by atoms with E-state index in [2.05, 4.69) is 9.71 Å². The number of aryl methyl sites for hydroxylation is 1. The Bertz CT molecular complexity index is 1500. The topological polar surface area (TPSA) is 101 Å². The zero-order valence-electron chi connectivity index (χ0n) is 18.9. The predicted octanol–water partition coefficient (Wildman–Crippen LogP) is 3.26. The second-order valence-corrected chi connectivity index (χ2v) is 11.5. The molecule has 0 atom stereocenters. The van der Waals surface area contributed by atoms with Gasteiger partial charge in [0.2, 0.25) is 20.0 Å². The van der Waals surface area contributed by atoms with E-state index in [1.807, 2.05) is 66.2 Å². The predicted molar refractivity (Wildman–Crippen MR) is 131 cm³/mol. The quantitative estimate of drug-likeness (QED) is 0.382. The first-order valence-corrected chi connectivity index (χ1v) is 13.7. The van der Waals surface area contributed by atoms with Crippen LogP contribution >= 0.6 is 0 Å². The number of benzene rings is 3. The highest BCUT2D eigenvalue weighted by Crippen LogP contribution is 2.21. The number of sulfonamides is 2. The summed E-state index contributed by atoms with van der Waals surface area (Å²) in [6.45, 7) is 2.30. The van der Waals surface area contributed by atoms with Gasteiger partial charge in [-0.25, -0.2) is 26.5 Å². The molecule has 0 amide bonds. The lowest BCUT2D eigenvalue weighted by Gasteiger charge is -2.20. The first kappa shape index (κ1) is 24.1. The van der Waals surface area contributed by atoms with Crippen LogP contribution in [0.5, 0.6) is 0 Å². The van der Waals surface area contributed by atoms with Gasteiger partial charge in [0.1, 0.15) is 5.82 Å². The third-order valence-electron chi connectivity index (χ3n) is 5.63. The summed E-state index contributed by atoms with van der Waals surface area (Å²) >= 11 is 0. The molecule has 34 heavy (non-hydrogen) atoms. The maximum atomic E-state index is 13.1. The van der Waals surface area contributed by atoms with E-state index in [1.54, 1.807) is 6.92 Å². The monoisotopic (exact) mass is 498 g/mol. The van der Waals surface area contributed by atoms with Gasteiger partial charge in [-0.2, -0.15) is 4.31 Å². The van der Waals surface area contributed by atoms with Crippen LogP contribution in [-0.2, 0) is 40.2 Å². The summed E-state index contributed by atoms with van der Waals surface area (Å²) < 4.78 is 57.6. The minimum atomic E-state index is -3.86. The van der Waals surface area contributed by atoms with Crippen LogP contribution in [0.25, 0.3) is 11.0 Å². The van der Waals surface area contributed by atoms with Gasteiger partial charge in [0.15, 0.2) is 0 Å². The molecule has 1 aromatic heterocycles. The molecule has 0 unspecified atom stereocenters. The van der Waals surface area contributed by atoms with Gasteiger partial charge in [-0.3, -0.25) is 0 Å². The van der Waals surface area contributed by atoms with E-state index in [-0.39, 0.29) is 29.4 Å². The fourth-order valence-electron chi connectivity index (χ4n) is 3.69. The van der Waals surface area contributed by atoms with Crippen LogP contribution in [-0.4, -0.2) is 37.2 Å². The van der Waals surface area contributed by atoms with E-state index < -0.39 is 20.0 Å². The summed E-state index contributed by atoms with van der Waals surface area (Å²) in [6.07, 6.45) is 0. The number of aromatic nitrogens is 2. The lowest BCUT2D eigenvalue weighted by Crippen LogP contribution is -2.30. The summed E-state index contributed by atoms with van der Waals surface area (Å²) in [7, 11) is -5.82. The van der Waals surface area contributed by atoms with Gasteiger partial charge in [-0.1, -0.05) is 49.4 Å². The number of hydrogen-bond acceptors (Lipinski definition) is 5. The molecule has 0 fully saturated rings. The highest BCUT2D eigenvalue weighted by atomic mass is 32.2. The lowest BCUT2D eigenvalue weighted by molar-refractivity contribution is 0.423. The summed E-state index contributed by atoms with van der Waals surface area (Å²) in [5, 5.41) is 0. The zero-order valence-corrected chi connectivity index (χ0v) is 20.6. The van der Waals surface area contributed by atoms with E-state index in [1.165, 1.54) is 28.6 Å². The van der Waals surface area contributed by atoms with E-state index in [0.29, 0.717) is 5.82 Å². The van der Waals surface area contributed by atoms with Crippen molar-refractivity contribution in [1.82, 2.24) is 18.6 Å². The Balaban J connectivity index is 1.50. The van der Waals surface area contributed by atoms with Crippen molar-refractivity contribution in [2.24, 2.45) is 7.05 Å². The second kappa shape index (κ2) is 9.67. The molecule has 0 radical (unpaired) electrons. The Labute approximate surface area is 200 Å². The van der Waals surface area contributed by atoms with Gasteiger partial charge < -0.3 is 4.57 Å². The van der Waals surface area contributed by atoms with Gasteiger partial charge in [0, 0.05) is 20.1 Å². The number of rotatable bonds is 9. The highest BCUT2D eigenvalue weighted by molar-refractivity contribution is 7.89. The Morgan fingerprint density at radius 2 is 1.47 bits per heavy atom. The average Bonchev–Trinajstić information content (AvgIpc) is 3.17. The van der Waals surface area contributed by atoms with Crippen LogP contribution < -0.4 is 4.72 Å². The SMILES string of the molecule is CCN(Cc1ccccc1)S(=O)(=O)c1ccc(S(=O)(=O)NCc2nc3ccccc3n2C)cc1. The molecule has 0 saturated carbocycles. The largest absolute Gasteiger partial charge is 0.330 e. The van der Waals surface area contributed by atoms with Crippen molar-refractivity contribution < 1.29 is 16.8 Å². The van der Waals surface area contributed by atoms with Crippen molar-refractivity contribution in [2.45, 2.75) is 29.8 Å². The zero-order chi connectivity index (χ0) is 24.3. The molecule has 0 aliphatic carbocycles. The third kappa shape index (κ3) is 4.90. The Morgan fingerprint density at radius 1 is 0.853 bits per heavy atom. The summed E-state index contributed by atoms with van der Waals surface area (Å²) in [5.41, 5.74) is 2.56. The van der Waals surface area contributed by atoms with Gasteiger partial charge in [0.05, 0.1) is 27.4 Å². The van der Waals surface area contributed by atoms with Crippen LogP contribution in [0.3, 0.4) is 0 Å². The maximum absolute atomic E-state index is 13.1. The highest BCUT2D eigenvalue weighted by Gasteiger charge is 2.24. The molecular weight excluding hydrogens is 472 g/mol. The first-order chi connectivity index (χ1) is 16.2. The van der Waals surface area contributed by atoms with E-state index in [4.69, 9.17) is 0 Å². The molecule has 1 N–H and O–H groups in total. The van der Waals surface area contributed by atoms with Crippen molar-refractivity contribution in [1.29, 1.82) is 0 Å². The molecule has 4 aromatic rings. The summed E-state index contributed by atoms with van der Waals surface area (Å²) in [6, 6.07) is 22.1.